The number of aliphatic carboxylic acids is 1. The van der Waals surface area contributed by atoms with E-state index in [-0.39, 0.29) is 5.91 Å². The van der Waals surface area contributed by atoms with Crippen molar-refractivity contribution in [3.63, 3.8) is 0 Å². The molecule has 6 nitrogen and oxygen atoms in total. The first-order chi connectivity index (χ1) is 9.65. The molecule has 0 aliphatic rings. The highest BCUT2D eigenvalue weighted by atomic mass is 16.4. The second kappa shape index (κ2) is 6.24. The molecule has 2 aromatic rings. The Morgan fingerprint density at radius 2 is 1.90 bits per heavy atom. The van der Waals surface area contributed by atoms with Gasteiger partial charge in [-0.15, -0.1) is 0 Å². The molecule has 0 aliphatic carbocycles. The summed E-state index contributed by atoms with van der Waals surface area (Å²) in [4.78, 5) is 30.3. The number of nitrogens with zero attached hydrogens (tertiary/aromatic N) is 2. The van der Waals surface area contributed by atoms with Crippen molar-refractivity contribution in [2.24, 2.45) is 0 Å². The predicted octanol–water partition coefficient (Wildman–Crippen LogP) is 1.83. The molecule has 0 saturated heterocycles. The minimum Gasteiger partial charge on any atom is -0.478 e. The molecule has 0 unspecified atom stereocenters. The lowest BCUT2D eigenvalue weighted by molar-refractivity contribution is -0.131. The molecule has 1 amide bonds. The van der Waals surface area contributed by atoms with Crippen molar-refractivity contribution < 1.29 is 14.7 Å². The van der Waals surface area contributed by atoms with E-state index in [0.29, 0.717) is 17.1 Å². The van der Waals surface area contributed by atoms with Gasteiger partial charge >= 0.3 is 5.97 Å². The van der Waals surface area contributed by atoms with E-state index in [1.54, 1.807) is 30.3 Å². The second-order valence-corrected chi connectivity index (χ2v) is 3.81. The van der Waals surface area contributed by atoms with E-state index in [2.05, 4.69) is 15.3 Å². The second-order valence-electron chi connectivity index (χ2n) is 3.81. The first-order valence-corrected chi connectivity index (χ1v) is 5.74. The molecule has 0 aromatic carbocycles. The van der Waals surface area contributed by atoms with Crippen LogP contribution in [0.5, 0.6) is 0 Å². The third kappa shape index (κ3) is 3.74. The van der Waals surface area contributed by atoms with Crippen molar-refractivity contribution in [2.45, 2.75) is 0 Å². The summed E-state index contributed by atoms with van der Waals surface area (Å²) in [5, 5.41) is 11.2. The number of rotatable bonds is 4. The molecule has 0 spiro atoms. The van der Waals surface area contributed by atoms with Crippen LogP contribution in [0.15, 0.2) is 48.8 Å². The highest BCUT2D eigenvalue weighted by Crippen LogP contribution is 2.08. The molecule has 2 N–H and O–H groups in total. The van der Waals surface area contributed by atoms with Crippen molar-refractivity contribution in [3.8, 4) is 0 Å². The number of hydrogen-bond acceptors (Lipinski definition) is 4. The smallest absolute Gasteiger partial charge is 0.328 e. The molecule has 2 heterocycles. The zero-order valence-electron chi connectivity index (χ0n) is 10.4. The van der Waals surface area contributed by atoms with Gasteiger partial charge in [0.2, 0.25) is 0 Å². The summed E-state index contributed by atoms with van der Waals surface area (Å²) < 4.78 is 0. The van der Waals surface area contributed by atoms with Gasteiger partial charge in [0.15, 0.2) is 0 Å². The average molecular weight is 269 g/mol. The molecule has 2 aromatic heterocycles. The van der Waals surface area contributed by atoms with Crippen LogP contribution in [0.3, 0.4) is 0 Å². The Hall–Kier alpha value is -3.02. The van der Waals surface area contributed by atoms with Crippen LogP contribution in [0.25, 0.3) is 6.08 Å². The quantitative estimate of drug-likeness (QED) is 0.826. The predicted molar refractivity (Wildman–Crippen MR) is 73.1 cm³/mol. The lowest BCUT2D eigenvalue weighted by atomic mass is 10.2. The molecular formula is C14H11N3O3. The number of nitrogens with one attached hydrogen (secondary N) is 1. The molecule has 0 fully saturated rings. The fraction of sp³-hybridized carbons (Fsp3) is 0. The molecule has 0 aliphatic heterocycles. The zero-order valence-corrected chi connectivity index (χ0v) is 10.4. The highest BCUT2D eigenvalue weighted by molar-refractivity contribution is 6.03. The number of aromatic nitrogens is 2. The van der Waals surface area contributed by atoms with Gasteiger partial charge in [-0.1, -0.05) is 6.07 Å². The van der Waals surface area contributed by atoms with Gasteiger partial charge in [0.25, 0.3) is 5.91 Å². The van der Waals surface area contributed by atoms with Crippen molar-refractivity contribution in [1.29, 1.82) is 0 Å². The van der Waals surface area contributed by atoms with E-state index in [9.17, 15) is 9.59 Å². The topological polar surface area (TPSA) is 92.2 Å². The van der Waals surface area contributed by atoms with Crippen molar-refractivity contribution in [1.82, 2.24) is 9.97 Å². The van der Waals surface area contributed by atoms with Gasteiger partial charge in [-0.3, -0.25) is 9.78 Å². The monoisotopic (exact) mass is 269 g/mol. The maximum Gasteiger partial charge on any atom is 0.328 e. The zero-order chi connectivity index (χ0) is 14.4. The van der Waals surface area contributed by atoms with Crippen LogP contribution in [-0.4, -0.2) is 27.0 Å². The summed E-state index contributed by atoms with van der Waals surface area (Å²) in [7, 11) is 0. The Balaban J connectivity index is 2.12. The van der Waals surface area contributed by atoms with E-state index in [0.717, 1.165) is 6.08 Å². The van der Waals surface area contributed by atoms with Gasteiger partial charge in [-0.25, -0.2) is 9.78 Å². The fourth-order valence-electron chi connectivity index (χ4n) is 1.46. The molecule has 6 heteroatoms. The van der Waals surface area contributed by atoms with E-state index in [4.69, 9.17) is 5.11 Å². The molecular weight excluding hydrogens is 258 g/mol. The van der Waals surface area contributed by atoms with Crippen LogP contribution in [0.2, 0.25) is 0 Å². The van der Waals surface area contributed by atoms with Gasteiger partial charge in [-0.2, -0.15) is 0 Å². The molecule has 0 radical (unpaired) electrons. The summed E-state index contributed by atoms with van der Waals surface area (Å²) in [6.07, 6.45) is 5.38. The van der Waals surface area contributed by atoms with E-state index >= 15 is 0 Å². The lowest BCUT2D eigenvalue weighted by Gasteiger charge is -2.04. The molecule has 0 atom stereocenters. The minimum absolute atomic E-state index is 0.306. The summed E-state index contributed by atoms with van der Waals surface area (Å²) in [6.45, 7) is 0. The Kier molecular flexibility index (Phi) is 4.18. The van der Waals surface area contributed by atoms with Crippen LogP contribution in [0.4, 0.5) is 5.82 Å². The normalized spacial score (nSPS) is 10.4. The summed E-state index contributed by atoms with van der Waals surface area (Å²) >= 11 is 0. The molecule has 0 bridgehead atoms. The molecule has 0 saturated carbocycles. The third-order valence-corrected chi connectivity index (χ3v) is 2.35. The standard InChI is InChI=1S/C14H11N3O3/c18-13(19)5-4-11-2-1-3-12(16-11)17-14(20)10-6-8-15-9-7-10/h1-9H,(H,18,19)(H,16,17,20). The number of carbonyl (C=O) groups excluding carboxylic acids is 1. The Bertz CT molecular complexity index is 654. The van der Waals surface area contributed by atoms with Crippen LogP contribution >= 0.6 is 0 Å². The van der Waals surface area contributed by atoms with Gasteiger partial charge in [0, 0.05) is 24.0 Å². The van der Waals surface area contributed by atoms with Crippen LogP contribution < -0.4 is 5.32 Å². The van der Waals surface area contributed by atoms with Gasteiger partial charge in [0.05, 0.1) is 5.69 Å². The Morgan fingerprint density at radius 1 is 1.15 bits per heavy atom. The maximum atomic E-state index is 11.9. The molecule has 2 rings (SSSR count). The van der Waals surface area contributed by atoms with Gasteiger partial charge in [-0.05, 0) is 30.3 Å². The van der Waals surface area contributed by atoms with E-state index < -0.39 is 5.97 Å². The lowest BCUT2D eigenvalue weighted by Crippen LogP contribution is -2.13. The minimum atomic E-state index is -1.06. The van der Waals surface area contributed by atoms with E-state index in [1.807, 2.05) is 0 Å². The molecule has 20 heavy (non-hydrogen) atoms. The first-order valence-electron chi connectivity index (χ1n) is 5.74. The highest BCUT2D eigenvalue weighted by Gasteiger charge is 2.06. The van der Waals surface area contributed by atoms with E-state index in [1.165, 1.54) is 18.5 Å². The number of anilines is 1. The number of carboxylic acid groups (broad SMARTS) is 1. The third-order valence-electron chi connectivity index (χ3n) is 2.35. The van der Waals surface area contributed by atoms with Crippen LogP contribution in [0.1, 0.15) is 16.1 Å². The number of hydrogen-bond donors (Lipinski definition) is 2. The largest absolute Gasteiger partial charge is 0.478 e. The maximum absolute atomic E-state index is 11.9. The van der Waals surface area contributed by atoms with Gasteiger partial charge in [0.1, 0.15) is 5.82 Å². The first kappa shape index (κ1) is 13.4. The number of amides is 1. The Morgan fingerprint density at radius 3 is 2.60 bits per heavy atom. The van der Waals surface area contributed by atoms with Crippen LogP contribution in [-0.2, 0) is 4.79 Å². The number of carbonyl (C=O) groups is 2. The summed E-state index contributed by atoms with van der Waals surface area (Å²) in [6, 6.07) is 8.11. The van der Waals surface area contributed by atoms with Gasteiger partial charge < -0.3 is 10.4 Å². The fourth-order valence-corrected chi connectivity index (χ4v) is 1.46. The molecule has 100 valence electrons. The van der Waals surface area contributed by atoms with Crippen molar-refractivity contribution in [3.05, 3.63) is 60.1 Å². The summed E-state index contributed by atoms with van der Waals surface area (Å²) in [5.41, 5.74) is 0.910. The SMILES string of the molecule is O=C(O)C=Cc1cccc(NC(=O)c2ccncc2)n1. The number of pyridine rings is 2. The van der Waals surface area contributed by atoms with Crippen molar-refractivity contribution in [2.75, 3.05) is 5.32 Å². The Labute approximate surface area is 114 Å². The summed E-state index contributed by atoms with van der Waals surface area (Å²) in [5.74, 6) is -1.02. The average Bonchev–Trinajstić information content (AvgIpc) is 2.46. The number of carboxylic acids is 1. The van der Waals surface area contributed by atoms with Crippen LogP contribution in [0, 0.1) is 0 Å². The van der Waals surface area contributed by atoms with Crippen molar-refractivity contribution >= 4 is 23.8 Å².